The van der Waals surface area contributed by atoms with Crippen molar-refractivity contribution in [2.75, 3.05) is 5.73 Å². The maximum absolute atomic E-state index is 12.4. The van der Waals surface area contributed by atoms with E-state index in [0.717, 1.165) is 11.1 Å². The Morgan fingerprint density at radius 3 is 2.19 bits per heavy atom. The van der Waals surface area contributed by atoms with E-state index in [0.29, 0.717) is 16.5 Å². The number of nitrogens with two attached hydrogens (primary N) is 1. The van der Waals surface area contributed by atoms with Gasteiger partial charge in [0.2, 0.25) is 0 Å². The average molecular weight is 303 g/mol. The third-order valence-electron chi connectivity index (χ3n) is 3.60. The quantitative estimate of drug-likeness (QED) is 0.877. The van der Waals surface area contributed by atoms with E-state index in [1.807, 2.05) is 31.2 Å². The molecule has 112 valence electrons. The Morgan fingerprint density at radius 2 is 1.67 bits per heavy atom. The van der Waals surface area contributed by atoms with Crippen molar-refractivity contribution in [1.29, 1.82) is 0 Å². The van der Waals surface area contributed by atoms with E-state index >= 15 is 0 Å². The summed E-state index contributed by atoms with van der Waals surface area (Å²) in [6.45, 7) is 6.04. The van der Waals surface area contributed by atoms with Gasteiger partial charge in [0.1, 0.15) is 0 Å². The summed E-state index contributed by atoms with van der Waals surface area (Å²) in [7, 11) is -3.34. The standard InChI is InChI=1S/C17H21NO2S/c1-12(2)15-6-4-14(5-7-15)11-21(19,20)16-8-9-17(18)13(3)10-16/h4-10,12H,11,18H2,1-3H3. The molecule has 21 heavy (non-hydrogen) atoms. The van der Waals surface area contributed by atoms with Gasteiger partial charge in [0.15, 0.2) is 9.84 Å². The van der Waals surface area contributed by atoms with E-state index in [2.05, 4.69) is 13.8 Å². The Balaban J connectivity index is 2.26. The number of benzene rings is 2. The summed E-state index contributed by atoms with van der Waals surface area (Å²) in [5.41, 5.74) is 9.13. The predicted octanol–water partition coefficient (Wildman–Crippen LogP) is 3.67. The molecule has 0 atom stereocenters. The number of nitrogen functional groups attached to an aromatic ring is 1. The fourth-order valence-electron chi connectivity index (χ4n) is 2.14. The van der Waals surface area contributed by atoms with Crippen molar-refractivity contribution < 1.29 is 8.42 Å². The zero-order chi connectivity index (χ0) is 15.6. The Hall–Kier alpha value is -1.81. The molecule has 0 aliphatic heterocycles. The number of hydrogen-bond acceptors (Lipinski definition) is 3. The van der Waals surface area contributed by atoms with E-state index < -0.39 is 9.84 Å². The fourth-order valence-corrected chi connectivity index (χ4v) is 3.57. The molecule has 0 aliphatic carbocycles. The molecule has 0 heterocycles. The number of aryl methyl sites for hydroxylation is 1. The second-order valence-corrected chi connectivity index (χ2v) is 7.66. The SMILES string of the molecule is Cc1cc(S(=O)(=O)Cc2ccc(C(C)C)cc2)ccc1N. The Morgan fingerprint density at radius 1 is 1.05 bits per heavy atom. The van der Waals surface area contributed by atoms with Crippen LogP contribution in [-0.2, 0) is 15.6 Å². The van der Waals surface area contributed by atoms with Gasteiger partial charge in [-0.05, 0) is 47.7 Å². The van der Waals surface area contributed by atoms with E-state index in [1.54, 1.807) is 18.2 Å². The molecule has 0 bridgehead atoms. The molecule has 2 rings (SSSR count). The zero-order valence-electron chi connectivity index (χ0n) is 12.6. The number of rotatable bonds is 4. The predicted molar refractivity (Wildman–Crippen MR) is 87.0 cm³/mol. The molecule has 0 aliphatic rings. The van der Waals surface area contributed by atoms with Crippen molar-refractivity contribution >= 4 is 15.5 Å². The molecule has 0 radical (unpaired) electrons. The monoisotopic (exact) mass is 303 g/mol. The average Bonchev–Trinajstić information content (AvgIpc) is 2.42. The van der Waals surface area contributed by atoms with Crippen molar-refractivity contribution in [1.82, 2.24) is 0 Å². The van der Waals surface area contributed by atoms with Gasteiger partial charge >= 0.3 is 0 Å². The van der Waals surface area contributed by atoms with Crippen LogP contribution in [0.2, 0.25) is 0 Å². The van der Waals surface area contributed by atoms with Crippen molar-refractivity contribution in [3.05, 3.63) is 59.2 Å². The highest BCUT2D eigenvalue weighted by molar-refractivity contribution is 7.90. The lowest BCUT2D eigenvalue weighted by Crippen LogP contribution is -2.06. The summed E-state index contributed by atoms with van der Waals surface area (Å²) in [6.07, 6.45) is 0. The minimum absolute atomic E-state index is 0.00866. The van der Waals surface area contributed by atoms with Gasteiger partial charge in [-0.15, -0.1) is 0 Å². The first-order chi connectivity index (χ1) is 9.79. The second-order valence-electron chi connectivity index (χ2n) is 5.67. The topological polar surface area (TPSA) is 60.2 Å². The molecule has 3 nitrogen and oxygen atoms in total. The third kappa shape index (κ3) is 3.64. The van der Waals surface area contributed by atoms with Gasteiger partial charge in [-0.25, -0.2) is 8.42 Å². The Labute approximate surface area is 126 Å². The number of anilines is 1. The highest BCUT2D eigenvalue weighted by Gasteiger charge is 2.16. The first kappa shape index (κ1) is 15.6. The van der Waals surface area contributed by atoms with Crippen LogP contribution >= 0.6 is 0 Å². The molecule has 2 N–H and O–H groups in total. The molecular formula is C17H21NO2S. The van der Waals surface area contributed by atoms with Crippen molar-refractivity contribution in [2.24, 2.45) is 0 Å². The molecule has 0 amide bonds. The van der Waals surface area contributed by atoms with Crippen LogP contribution in [0, 0.1) is 6.92 Å². The van der Waals surface area contributed by atoms with Crippen LogP contribution in [0.3, 0.4) is 0 Å². The van der Waals surface area contributed by atoms with Gasteiger partial charge in [0, 0.05) is 5.69 Å². The second kappa shape index (κ2) is 5.90. The van der Waals surface area contributed by atoms with Crippen LogP contribution in [0.1, 0.15) is 36.5 Å². The van der Waals surface area contributed by atoms with E-state index in [4.69, 9.17) is 5.73 Å². The van der Waals surface area contributed by atoms with Gasteiger partial charge < -0.3 is 5.73 Å². The largest absolute Gasteiger partial charge is 0.399 e. The molecule has 4 heteroatoms. The molecule has 0 fully saturated rings. The van der Waals surface area contributed by atoms with Crippen LogP contribution in [0.4, 0.5) is 5.69 Å². The zero-order valence-corrected chi connectivity index (χ0v) is 13.4. The lowest BCUT2D eigenvalue weighted by Gasteiger charge is -2.09. The van der Waals surface area contributed by atoms with Crippen molar-refractivity contribution in [3.8, 4) is 0 Å². The van der Waals surface area contributed by atoms with Crippen LogP contribution in [0.15, 0.2) is 47.4 Å². The Bertz CT molecular complexity index is 732. The van der Waals surface area contributed by atoms with Crippen LogP contribution < -0.4 is 5.73 Å². The van der Waals surface area contributed by atoms with Gasteiger partial charge in [0.25, 0.3) is 0 Å². The van der Waals surface area contributed by atoms with Crippen molar-refractivity contribution in [3.63, 3.8) is 0 Å². The minimum atomic E-state index is -3.34. The molecule has 0 saturated carbocycles. The summed E-state index contributed by atoms with van der Waals surface area (Å²) in [5.74, 6) is 0.449. The van der Waals surface area contributed by atoms with Gasteiger partial charge in [0.05, 0.1) is 10.6 Å². The van der Waals surface area contributed by atoms with Gasteiger partial charge in [-0.2, -0.15) is 0 Å². The van der Waals surface area contributed by atoms with Crippen LogP contribution in [-0.4, -0.2) is 8.42 Å². The highest BCUT2D eigenvalue weighted by Crippen LogP contribution is 2.22. The van der Waals surface area contributed by atoms with E-state index in [9.17, 15) is 8.42 Å². The van der Waals surface area contributed by atoms with Gasteiger partial charge in [-0.3, -0.25) is 0 Å². The van der Waals surface area contributed by atoms with Crippen molar-refractivity contribution in [2.45, 2.75) is 37.3 Å². The summed E-state index contributed by atoms with van der Waals surface area (Å²) < 4.78 is 24.9. The summed E-state index contributed by atoms with van der Waals surface area (Å²) in [4.78, 5) is 0.321. The fraction of sp³-hybridized carbons (Fsp3) is 0.294. The molecular weight excluding hydrogens is 282 g/mol. The van der Waals surface area contributed by atoms with E-state index in [-0.39, 0.29) is 5.75 Å². The lowest BCUT2D eigenvalue weighted by molar-refractivity contribution is 0.595. The summed E-state index contributed by atoms with van der Waals surface area (Å²) >= 11 is 0. The van der Waals surface area contributed by atoms with Gasteiger partial charge in [-0.1, -0.05) is 38.1 Å². The Kier molecular flexibility index (Phi) is 4.37. The molecule has 0 saturated heterocycles. The highest BCUT2D eigenvalue weighted by atomic mass is 32.2. The smallest absolute Gasteiger partial charge is 0.182 e. The number of hydrogen-bond donors (Lipinski definition) is 1. The van der Waals surface area contributed by atoms with E-state index in [1.165, 1.54) is 5.56 Å². The molecule has 2 aromatic rings. The molecule has 0 aromatic heterocycles. The maximum atomic E-state index is 12.4. The first-order valence-electron chi connectivity index (χ1n) is 6.97. The summed E-state index contributed by atoms with van der Waals surface area (Å²) in [6, 6.07) is 12.6. The minimum Gasteiger partial charge on any atom is -0.399 e. The van der Waals surface area contributed by atoms with Crippen LogP contribution in [0.5, 0.6) is 0 Å². The molecule has 0 spiro atoms. The molecule has 0 unspecified atom stereocenters. The first-order valence-corrected chi connectivity index (χ1v) is 8.62. The molecule has 2 aromatic carbocycles. The lowest BCUT2D eigenvalue weighted by atomic mass is 10.0. The van der Waals surface area contributed by atoms with Crippen LogP contribution in [0.25, 0.3) is 0 Å². The summed E-state index contributed by atoms with van der Waals surface area (Å²) in [5, 5.41) is 0. The normalized spacial score (nSPS) is 11.8. The number of sulfone groups is 1. The third-order valence-corrected chi connectivity index (χ3v) is 5.29. The maximum Gasteiger partial charge on any atom is 0.182 e.